The maximum Gasteiger partial charge on any atom is 0.221 e. The highest BCUT2D eigenvalue weighted by Gasteiger charge is 2.31. The first-order valence-corrected chi connectivity index (χ1v) is 8.22. The van der Waals surface area contributed by atoms with Gasteiger partial charge in [0.1, 0.15) is 0 Å². The van der Waals surface area contributed by atoms with Crippen molar-refractivity contribution in [2.45, 2.75) is 38.3 Å². The Labute approximate surface area is 125 Å². The van der Waals surface area contributed by atoms with Crippen molar-refractivity contribution in [2.75, 3.05) is 20.1 Å². The molecule has 20 heavy (non-hydrogen) atoms. The first kappa shape index (κ1) is 15.5. The standard InChI is InChI=1S/C15H25N3OS/c1-11(16)9-14(19)17-10-12-5-3-7-18(2)15(12)13-6-4-8-20-13/h4,6,8,11-12,15H,3,5,7,9-10,16H2,1-2H3,(H,17,19). The van der Waals surface area contributed by atoms with Crippen molar-refractivity contribution in [3.8, 4) is 0 Å². The zero-order valence-electron chi connectivity index (χ0n) is 12.3. The summed E-state index contributed by atoms with van der Waals surface area (Å²) in [5, 5.41) is 5.18. The molecule has 1 aromatic heterocycles. The van der Waals surface area contributed by atoms with E-state index < -0.39 is 0 Å². The van der Waals surface area contributed by atoms with Gasteiger partial charge < -0.3 is 11.1 Å². The largest absolute Gasteiger partial charge is 0.356 e. The van der Waals surface area contributed by atoms with Crippen LogP contribution in [-0.4, -0.2) is 37.0 Å². The van der Waals surface area contributed by atoms with E-state index >= 15 is 0 Å². The van der Waals surface area contributed by atoms with Gasteiger partial charge in [0, 0.05) is 29.9 Å². The summed E-state index contributed by atoms with van der Waals surface area (Å²) in [4.78, 5) is 15.6. The molecule has 0 bridgehead atoms. The minimum Gasteiger partial charge on any atom is -0.356 e. The first-order valence-electron chi connectivity index (χ1n) is 7.34. The van der Waals surface area contributed by atoms with Gasteiger partial charge in [0.2, 0.25) is 5.91 Å². The molecule has 1 saturated heterocycles. The predicted octanol–water partition coefficient (Wildman–Crippen LogP) is 1.98. The molecule has 0 aliphatic carbocycles. The Kier molecular flexibility index (Phi) is 5.57. The molecule has 0 spiro atoms. The predicted molar refractivity (Wildman–Crippen MR) is 83.7 cm³/mol. The number of nitrogens with two attached hydrogens (primary N) is 1. The molecule has 1 aliphatic heterocycles. The van der Waals surface area contributed by atoms with Crippen LogP contribution in [0, 0.1) is 5.92 Å². The summed E-state index contributed by atoms with van der Waals surface area (Å²) in [5.41, 5.74) is 5.66. The fraction of sp³-hybridized carbons (Fsp3) is 0.667. The molecular weight excluding hydrogens is 270 g/mol. The molecule has 112 valence electrons. The molecule has 5 heteroatoms. The van der Waals surface area contributed by atoms with E-state index in [2.05, 4.69) is 34.8 Å². The number of hydrogen-bond donors (Lipinski definition) is 2. The lowest BCUT2D eigenvalue weighted by Gasteiger charge is -2.38. The van der Waals surface area contributed by atoms with E-state index in [0.29, 0.717) is 18.4 Å². The van der Waals surface area contributed by atoms with E-state index in [0.717, 1.165) is 13.1 Å². The van der Waals surface area contributed by atoms with Crippen molar-refractivity contribution in [1.82, 2.24) is 10.2 Å². The van der Waals surface area contributed by atoms with Gasteiger partial charge in [-0.25, -0.2) is 0 Å². The minimum absolute atomic E-state index is 0.0677. The number of rotatable bonds is 5. The van der Waals surface area contributed by atoms with Crippen LogP contribution in [0.25, 0.3) is 0 Å². The van der Waals surface area contributed by atoms with Crippen LogP contribution in [0.1, 0.15) is 37.1 Å². The van der Waals surface area contributed by atoms with Crippen molar-refractivity contribution in [2.24, 2.45) is 11.7 Å². The van der Waals surface area contributed by atoms with E-state index in [-0.39, 0.29) is 11.9 Å². The molecular formula is C15H25N3OS. The third-order valence-electron chi connectivity index (χ3n) is 3.91. The van der Waals surface area contributed by atoms with Crippen LogP contribution in [0.4, 0.5) is 0 Å². The number of carbonyl (C=O) groups excluding carboxylic acids is 1. The Morgan fingerprint density at radius 1 is 1.65 bits per heavy atom. The number of piperidine rings is 1. The van der Waals surface area contributed by atoms with Crippen LogP contribution in [0.15, 0.2) is 17.5 Å². The van der Waals surface area contributed by atoms with Crippen LogP contribution in [0.5, 0.6) is 0 Å². The molecule has 1 amide bonds. The van der Waals surface area contributed by atoms with Crippen LogP contribution in [0.3, 0.4) is 0 Å². The number of hydrogen-bond acceptors (Lipinski definition) is 4. The van der Waals surface area contributed by atoms with Gasteiger partial charge in [0.05, 0.1) is 0 Å². The molecule has 0 saturated carbocycles. The summed E-state index contributed by atoms with van der Waals surface area (Å²) in [5.74, 6) is 0.558. The van der Waals surface area contributed by atoms with Gasteiger partial charge >= 0.3 is 0 Å². The van der Waals surface area contributed by atoms with Gasteiger partial charge in [0.15, 0.2) is 0 Å². The lowest BCUT2D eigenvalue weighted by Crippen LogP contribution is -2.42. The maximum atomic E-state index is 11.8. The smallest absolute Gasteiger partial charge is 0.221 e. The molecule has 1 aliphatic rings. The van der Waals surface area contributed by atoms with E-state index in [1.807, 2.05) is 18.3 Å². The fourth-order valence-corrected chi connectivity index (χ4v) is 3.98. The van der Waals surface area contributed by atoms with Gasteiger partial charge in [-0.3, -0.25) is 9.69 Å². The summed E-state index contributed by atoms with van der Waals surface area (Å²) in [6.07, 6.45) is 2.78. The maximum absolute atomic E-state index is 11.8. The van der Waals surface area contributed by atoms with Crippen LogP contribution in [0.2, 0.25) is 0 Å². The molecule has 0 radical (unpaired) electrons. The number of amides is 1. The van der Waals surface area contributed by atoms with Crippen molar-refractivity contribution in [3.63, 3.8) is 0 Å². The van der Waals surface area contributed by atoms with E-state index in [1.165, 1.54) is 17.7 Å². The number of nitrogens with zero attached hydrogens (tertiary/aromatic N) is 1. The molecule has 2 rings (SSSR count). The average Bonchev–Trinajstić information content (AvgIpc) is 2.89. The summed E-state index contributed by atoms with van der Waals surface area (Å²) in [6, 6.07) is 4.67. The van der Waals surface area contributed by atoms with Gasteiger partial charge in [-0.15, -0.1) is 11.3 Å². The highest BCUT2D eigenvalue weighted by molar-refractivity contribution is 7.10. The third kappa shape index (κ3) is 4.04. The van der Waals surface area contributed by atoms with Crippen LogP contribution in [-0.2, 0) is 4.79 Å². The molecule has 3 unspecified atom stereocenters. The van der Waals surface area contributed by atoms with E-state index in [1.54, 1.807) is 0 Å². The number of likely N-dealkylation sites (tertiary alicyclic amines) is 1. The van der Waals surface area contributed by atoms with Crippen molar-refractivity contribution in [1.29, 1.82) is 0 Å². The van der Waals surface area contributed by atoms with E-state index in [9.17, 15) is 4.79 Å². The molecule has 0 aromatic carbocycles. The van der Waals surface area contributed by atoms with Crippen molar-refractivity contribution >= 4 is 17.2 Å². The van der Waals surface area contributed by atoms with Crippen molar-refractivity contribution < 1.29 is 4.79 Å². The lowest BCUT2D eigenvalue weighted by molar-refractivity contribution is -0.121. The number of carbonyl (C=O) groups is 1. The highest BCUT2D eigenvalue weighted by atomic mass is 32.1. The Bertz CT molecular complexity index is 419. The molecule has 2 heterocycles. The topological polar surface area (TPSA) is 58.4 Å². The van der Waals surface area contributed by atoms with Crippen LogP contribution >= 0.6 is 11.3 Å². The third-order valence-corrected chi connectivity index (χ3v) is 4.85. The van der Waals surface area contributed by atoms with Crippen LogP contribution < -0.4 is 11.1 Å². The zero-order valence-corrected chi connectivity index (χ0v) is 13.2. The zero-order chi connectivity index (χ0) is 14.5. The lowest BCUT2D eigenvalue weighted by atomic mass is 9.88. The average molecular weight is 295 g/mol. The molecule has 1 aromatic rings. The molecule has 3 atom stereocenters. The summed E-state index contributed by atoms with van der Waals surface area (Å²) in [6.45, 7) is 3.74. The quantitative estimate of drug-likeness (QED) is 0.873. The Morgan fingerprint density at radius 3 is 3.10 bits per heavy atom. The first-order chi connectivity index (χ1) is 9.58. The molecule has 1 fully saturated rings. The molecule has 3 N–H and O–H groups in total. The Balaban J connectivity index is 1.95. The van der Waals surface area contributed by atoms with Gasteiger partial charge in [-0.2, -0.15) is 0 Å². The van der Waals surface area contributed by atoms with Gasteiger partial charge in [-0.1, -0.05) is 6.07 Å². The van der Waals surface area contributed by atoms with Crippen molar-refractivity contribution in [3.05, 3.63) is 22.4 Å². The summed E-state index contributed by atoms with van der Waals surface area (Å²) in [7, 11) is 2.18. The highest BCUT2D eigenvalue weighted by Crippen LogP contribution is 2.36. The summed E-state index contributed by atoms with van der Waals surface area (Å²) < 4.78 is 0. The number of nitrogens with one attached hydrogen (secondary N) is 1. The SMILES string of the molecule is CC(N)CC(=O)NCC1CCCN(C)C1c1cccs1. The monoisotopic (exact) mass is 295 g/mol. The summed E-state index contributed by atoms with van der Waals surface area (Å²) >= 11 is 1.81. The second kappa shape index (κ2) is 7.20. The fourth-order valence-electron chi connectivity index (χ4n) is 2.99. The molecule has 4 nitrogen and oxygen atoms in total. The Hall–Kier alpha value is -0.910. The van der Waals surface area contributed by atoms with Gasteiger partial charge in [0.25, 0.3) is 0 Å². The minimum atomic E-state index is -0.0721. The van der Waals surface area contributed by atoms with Gasteiger partial charge in [-0.05, 0) is 50.7 Å². The van der Waals surface area contributed by atoms with E-state index in [4.69, 9.17) is 5.73 Å². The second-order valence-corrected chi connectivity index (χ2v) is 6.81. The Morgan fingerprint density at radius 2 is 2.45 bits per heavy atom. The number of thiophene rings is 1. The second-order valence-electron chi connectivity index (χ2n) is 5.83. The normalized spacial score (nSPS) is 25.4.